The molecule has 3 amide bonds. The summed E-state index contributed by atoms with van der Waals surface area (Å²) in [7, 11) is 0. The van der Waals surface area contributed by atoms with Crippen molar-refractivity contribution in [2.24, 2.45) is 5.92 Å². The van der Waals surface area contributed by atoms with Crippen molar-refractivity contribution in [1.29, 1.82) is 0 Å². The highest BCUT2D eigenvalue weighted by molar-refractivity contribution is 5.91. The molecule has 7 nitrogen and oxygen atoms in total. The molecule has 0 aliphatic heterocycles. The van der Waals surface area contributed by atoms with Gasteiger partial charge in [-0.2, -0.15) is 0 Å². The van der Waals surface area contributed by atoms with Gasteiger partial charge in [0.25, 0.3) is 5.91 Å². The van der Waals surface area contributed by atoms with E-state index in [-0.39, 0.29) is 42.5 Å². The number of rotatable bonds is 7. The van der Waals surface area contributed by atoms with Gasteiger partial charge in [-0.15, -0.1) is 0 Å². The first-order chi connectivity index (χ1) is 9.91. The molecule has 21 heavy (non-hydrogen) atoms. The van der Waals surface area contributed by atoms with Crippen LogP contribution in [0.3, 0.4) is 0 Å². The van der Waals surface area contributed by atoms with Crippen LogP contribution in [0.4, 0.5) is 0 Å². The third-order valence-corrected chi connectivity index (χ3v) is 2.76. The Morgan fingerprint density at radius 2 is 1.86 bits per heavy atom. The lowest BCUT2D eigenvalue weighted by molar-refractivity contribution is -0.129. The summed E-state index contributed by atoms with van der Waals surface area (Å²) < 4.78 is 4.94. The molecule has 0 radical (unpaired) electrons. The minimum Gasteiger partial charge on any atom is -0.459 e. The summed E-state index contributed by atoms with van der Waals surface area (Å²) in [6.07, 6.45) is 1.41. The Morgan fingerprint density at radius 3 is 2.38 bits per heavy atom. The standard InChI is InChI=1S/C14H21N3O4/c1-9(2)12(17-10(3)18)14(20)16-7-6-15-13(19)11-5-4-8-21-11/h4-5,8-9,12H,6-7H2,1-3H3,(H,15,19)(H,16,20)(H,17,18). The van der Waals surface area contributed by atoms with Gasteiger partial charge in [0.2, 0.25) is 11.8 Å². The second-order valence-corrected chi connectivity index (χ2v) is 4.95. The van der Waals surface area contributed by atoms with Gasteiger partial charge in [-0.25, -0.2) is 0 Å². The smallest absolute Gasteiger partial charge is 0.287 e. The maximum atomic E-state index is 11.9. The molecule has 0 saturated heterocycles. The van der Waals surface area contributed by atoms with Crippen molar-refractivity contribution >= 4 is 17.7 Å². The van der Waals surface area contributed by atoms with Crippen LogP contribution in [0.25, 0.3) is 0 Å². The van der Waals surface area contributed by atoms with Crippen LogP contribution in [0.1, 0.15) is 31.3 Å². The van der Waals surface area contributed by atoms with E-state index in [1.54, 1.807) is 12.1 Å². The third kappa shape index (κ3) is 5.68. The zero-order valence-corrected chi connectivity index (χ0v) is 12.4. The zero-order valence-electron chi connectivity index (χ0n) is 12.4. The minimum atomic E-state index is -0.580. The molecule has 1 heterocycles. The number of carbonyl (C=O) groups is 3. The lowest BCUT2D eigenvalue weighted by atomic mass is 10.0. The summed E-state index contributed by atoms with van der Waals surface area (Å²) >= 11 is 0. The van der Waals surface area contributed by atoms with Crippen molar-refractivity contribution in [2.75, 3.05) is 13.1 Å². The molecule has 0 spiro atoms. The van der Waals surface area contributed by atoms with Gasteiger partial charge in [0.1, 0.15) is 6.04 Å². The molecular weight excluding hydrogens is 274 g/mol. The molecule has 1 rings (SSSR count). The largest absolute Gasteiger partial charge is 0.459 e. The van der Waals surface area contributed by atoms with Crippen molar-refractivity contribution in [2.45, 2.75) is 26.8 Å². The molecule has 0 aliphatic rings. The first-order valence-electron chi connectivity index (χ1n) is 6.78. The molecule has 0 fully saturated rings. The normalized spacial score (nSPS) is 11.8. The maximum absolute atomic E-state index is 11.9. The average Bonchev–Trinajstić information content (AvgIpc) is 2.94. The Labute approximate surface area is 123 Å². The number of hydrogen-bond acceptors (Lipinski definition) is 4. The highest BCUT2D eigenvalue weighted by atomic mass is 16.3. The summed E-state index contributed by atoms with van der Waals surface area (Å²) in [5.74, 6) is -0.662. The van der Waals surface area contributed by atoms with Crippen LogP contribution in [0.5, 0.6) is 0 Å². The second-order valence-electron chi connectivity index (χ2n) is 4.95. The molecule has 7 heteroatoms. The van der Waals surface area contributed by atoms with E-state index in [2.05, 4.69) is 16.0 Å². The molecule has 116 valence electrons. The van der Waals surface area contributed by atoms with Crippen molar-refractivity contribution in [3.05, 3.63) is 24.2 Å². The van der Waals surface area contributed by atoms with Crippen LogP contribution in [-0.4, -0.2) is 36.9 Å². The SMILES string of the molecule is CC(=O)NC(C(=O)NCCNC(=O)c1ccco1)C(C)C. The topological polar surface area (TPSA) is 100 Å². The number of hydrogen-bond donors (Lipinski definition) is 3. The van der Waals surface area contributed by atoms with Crippen molar-refractivity contribution in [3.63, 3.8) is 0 Å². The molecule has 0 aliphatic carbocycles. The highest BCUT2D eigenvalue weighted by Gasteiger charge is 2.22. The summed E-state index contributed by atoms with van der Waals surface area (Å²) in [5.41, 5.74) is 0. The fourth-order valence-corrected chi connectivity index (χ4v) is 1.72. The first kappa shape index (κ1) is 16.7. The maximum Gasteiger partial charge on any atom is 0.287 e. The van der Waals surface area contributed by atoms with Crippen LogP contribution in [-0.2, 0) is 9.59 Å². The van der Waals surface area contributed by atoms with Crippen LogP contribution in [0.2, 0.25) is 0 Å². The molecule has 0 saturated carbocycles. The average molecular weight is 295 g/mol. The van der Waals surface area contributed by atoms with Crippen molar-refractivity contribution in [1.82, 2.24) is 16.0 Å². The first-order valence-corrected chi connectivity index (χ1v) is 6.78. The number of carbonyl (C=O) groups excluding carboxylic acids is 3. The summed E-state index contributed by atoms with van der Waals surface area (Å²) in [6, 6.07) is 2.60. The lowest BCUT2D eigenvalue weighted by Crippen LogP contribution is -2.50. The van der Waals surface area contributed by atoms with Crippen LogP contribution >= 0.6 is 0 Å². The highest BCUT2D eigenvalue weighted by Crippen LogP contribution is 2.01. The quantitative estimate of drug-likeness (QED) is 0.629. The van der Waals surface area contributed by atoms with E-state index in [9.17, 15) is 14.4 Å². The molecule has 3 N–H and O–H groups in total. The molecule has 1 aromatic heterocycles. The van der Waals surface area contributed by atoms with E-state index in [1.165, 1.54) is 13.2 Å². The van der Waals surface area contributed by atoms with Gasteiger partial charge in [0.15, 0.2) is 5.76 Å². The molecular formula is C14H21N3O4. The van der Waals surface area contributed by atoms with Crippen LogP contribution < -0.4 is 16.0 Å². The molecule has 1 atom stereocenters. The van der Waals surface area contributed by atoms with Crippen molar-refractivity contribution in [3.8, 4) is 0 Å². The Hall–Kier alpha value is -2.31. The third-order valence-electron chi connectivity index (χ3n) is 2.76. The van der Waals surface area contributed by atoms with Gasteiger partial charge >= 0.3 is 0 Å². The monoisotopic (exact) mass is 295 g/mol. The molecule has 0 bridgehead atoms. The van der Waals surface area contributed by atoms with E-state index in [4.69, 9.17) is 4.42 Å². The Balaban J connectivity index is 2.32. The molecule has 1 aromatic rings. The van der Waals surface area contributed by atoms with E-state index in [0.717, 1.165) is 0 Å². The predicted molar refractivity (Wildman–Crippen MR) is 76.5 cm³/mol. The molecule has 0 aromatic carbocycles. The van der Waals surface area contributed by atoms with E-state index >= 15 is 0 Å². The number of furan rings is 1. The molecule has 1 unspecified atom stereocenters. The summed E-state index contributed by atoms with van der Waals surface area (Å²) in [4.78, 5) is 34.6. The van der Waals surface area contributed by atoms with Gasteiger partial charge in [0.05, 0.1) is 6.26 Å². The van der Waals surface area contributed by atoms with Gasteiger partial charge in [-0.1, -0.05) is 13.8 Å². The van der Waals surface area contributed by atoms with Gasteiger partial charge in [0, 0.05) is 20.0 Å². The van der Waals surface area contributed by atoms with Crippen LogP contribution in [0, 0.1) is 5.92 Å². The summed E-state index contributed by atoms with van der Waals surface area (Å²) in [5, 5.41) is 7.88. The van der Waals surface area contributed by atoms with Gasteiger partial charge < -0.3 is 20.4 Å². The summed E-state index contributed by atoms with van der Waals surface area (Å²) in [6.45, 7) is 5.61. The Bertz CT molecular complexity index is 482. The fourth-order valence-electron chi connectivity index (χ4n) is 1.72. The van der Waals surface area contributed by atoms with E-state index in [1.807, 2.05) is 13.8 Å². The Morgan fingerprint density at radius 1 is 1.19 bits per heavy atom. The van der Waals surface area contributed by atoms with Crippen molar-refractivity contribution < 1.29 is 18.8 Å². The minimum absolute atomic E-state index is 0.0217. The van der Waals surface area contributed by atoms with E-state index < -0.39 is 6.04 Å². The Kier molecular flexibility index (Phi) is 6.45. The second kappa shape index (κ2) is 8.08. The van der Waals surface area contributed by atoms with E-state index in [0.29, 0.717) is 0 Å². The fraction of sp³-hybridized carbons (Fsp3) is 0.500. The number of nitrogens with one attached hydrogen (secondary N) is 3. The van der Waals surface area contributed by atoms with Gasteiger partial charge in [-0.3, -0.25) is 14.4 Å². The lowest BCUT2D eigenvalue weighted by Gasteiger charge is -2.20. The zero-order chi connectivity index (χ0) is 15.8. The van der Waals surface area contributed by atoms with Gasteiger partial charge in [-0.05, 0) is 18.1 Å². The predicted octanol–water partition coefficient (Wildman–Crippen LogP) is 0.286. The number of amides is 3. The van der Waals surface area contributed by atoms with Crippen LogP contribution in [0.15, 0.2) is 22.8 Å².